The molecule has 0 heterocycles. The Bertz CT molecular complexity index is 610. The third-order valence-corrected chi connectivity index (χ3v) is 3.67. The third-order valence-electron chi connectivity index (χ3n) is 3.12. The van der Waals surface area contributed by atoms with Gasteiger partial charge in [0.2, 0.25) is 0 Å². The standard InChI is InChI=1S/C16H16Cl2FNO/c1-10(7-11-5-3-4-6-15(11)21-2)20-12-8-13(17)16(19)14(18)9-12/h3-6,8-10,20H,7H2,1-2H3. The van der Waals surface area contributed by atoms with E-state index in [-0.39, 0.29) is 16.1 Å². The molecule has 2 aromatic rings. The predicted octanol–water partition coefficient (Wildman–Crippen LogP) is 5.18. The van der Waals surface area contributed by atoms with Crippen molar-refractivity contribution in [2.24, 2.45) is 0 Å². The molecule has 2 nitrogen and oxygen atoms in total. The lowest BCUT2D eigenvalue weighted by atomic mass is 10.1. The van der Waals surface area contributed by atoms with E-state index in [0.29, 0.717) is 5.69 Å². The molecule has 0 aromatic heterocycles. The first-order valence-electron chi connectivity index (χ1n) is 6.54. The van der Waals surface area contributed by atoms with E-state index in [0.717, 1.165) is 17.7 Å². The average molecular weight is 328 g/mol. The van der Waals surface area contributed by atoms with E-state index >= 15 is 0 Å². The highest BCUT2D eigenvalue weighted by molar-refractivity contribution is 6.35. The van der Waals surface area contributed by atoms with E-state index in [4.69, 9.17) is 27.9 Å². The van der Waals surface area contributed by atoms with Crippen LogP contribution in [0.5, 0.6) is 5.75 Å². The number of rotatable bonds is 5. The molecule has 2 aromatic carbocycles. The molecule has 1 atom stereocenters. The van der Waals surface area contributed by atoms with Gasteiger partial charge in [-0.15, -0.1) is 0 Å². The zero-order chi connectivity index (χ0) is 15.4. The number of halogens is 3. The van der Waals surface area contributed by atoms with Crippen molar-refractivity contribution in [3.8, 4) is 5.75 Å². The number of nitrogens with one attached hydrogen (secondary N) is 1. The molecule has 1 unspecified atom stereocenters. The van der Waals surface area contributed by atoms with Crippen LogP contribution in [0, 0.1) is 5.82 Å². The second-order valence-corrected chi connectivity index (χ2v) is 5.63. The Morgan fingerprint density at radius 1 is 1.19 bits per heavy atom. The highest BCUT2D eigenvalue weighted by Crippen LogP contribution is 2.28. The van der Waals surface area contributed by atoms with Crippen molar-refractivity contribution in [1.29, 1.82) is 0 Å². The summed E-state index contributed by atoms with van der Waals surface area (Å²) in [7, 11) is 1.65. The van der Waals surface area contributed by atoms with Crippen molar-refractivity contribution >= 4 is 28.9 Å². The van der Waals surface area contributed by atoms with Gasteiger partial charge in [-0.3, -0.25) is 0 Å². The molecule has 1 N–H and O–H groups in total. The molecule has 0 fully saturated rings. The second kappa shape index (κ2) is 7.01. The molecule has 0 saturated carbocycles. The van der Waals surface area contributed by atoms with Crippen LogP contribution in [0.3, 0.4) is 0 Å². The fourth-order valence-electron chi connectivity index (χ4n) is 2.18. The van der Waals surface area contributed by atoms with Crippen LogP contribution in [0.4, 0.5) is 10.1 Å². The lowest BCUT2D eigenvalue weighted by Crippen LogP contribution is -2.18. The summed E-state index contributed by atoms with van der Waals surface area (Å²) in [6.45, 7) is 2.03. The van der Waals surface area contributed by atoms with Gasteiger partial charge < -0.3 is 10.1 Å². The summed E-state index contributed by atoms with van der Waals surface area (Å²) in [5, 5.41) is 3.28. The topological polar surface area (TPSA) is 21.3 Å². The van der Waals surface area contributed by atoms with Crippen molar-refractivity contribution in [2.75, 3.05) is 12.4 Å². The molecule has 2 rings (SSSR count). The number of anilines is 1. The number of ether oxygens (including phenoxy) is 1. The number of hydrogen-bond acceptors (Lipinski definition) is 2. The van der Waals surface area contributed by atoms with Crippen LogP contribution in [0.15, 0.2) is 36.4 Å². The summed E-state index contributed by atoms with van der Waals surface area (Å²) in [5.74, 6) is 0.252. The quantitative estimate of drug-likeness (QED) is 0.763. The summed E-state index contributed by atoms with van der Waals surface area (Å²) in [4.78, 5) is 0. The van der Waals surface area contributed by atoms with Crippen molar-refractivity contribution in [3.05, 3.63) is 57.8 Å². The Labute approximate surface area is 133 Å². The normalized spacial score (nSPS) is 12.0. The van der Waals surface area contributed by atoms with Gasteiger partial charge in [0.1, 0.15) is 5.75 Å². The van der Waals surface area contributed by atoms with Gasteiger partial charge in [0.25, 0.3) is 0 Å². The number of benzene rings is 2. The molecule has 5 heteroatoms. The molecule has 0 spiro atoms. The Kier molecular flexibility index (Phi) is 5.32. The second-order valence-electron chi connectivity index (χ2n) is 4.82. The van der Waals surface area contributed by atoms with Crippen LogP contribution in [-0.2, 0) is 6.42 Å². The minimum Gasteiger partial charge on any atom is -0.496 e. The summed E-state index contributed by atoms with van der Waals surface area (Å²) in [5.41, 5.74) is 1.79. The van der Waals surface area contributed by atoms with Crippen molar-refractivity contribution < 1.29 is 9.13 Å². The molecule has 0 bridgehead atoms. The van der Waals surface area contributed by atoms with Crippen molar-refractivity contribution in [2.45, 2.75) is 19.4 Å². The fourth-order valence-corrected chi connectivity index (χ4v) is 2.66. The van der Waals surface area contributed by atoms with Gasteiger partial charge in [-0.25, -0.2) is 4.39 Å². The Morgan fingerprint density at radius 3 is 2.43 bits per heavy atom. The van der Waals surface area contributed by atoms with Gasteiger partial charge in [0.15, 0.2) is 5.82 Å². The first-order valence-corrected chi connectivity index (χ1v) is 7.30. The maximum atomic E-state index is 13.4. The molecular weight excluding hydrogens is 312 g/mol. The summed E-state index contributed by atoms with van der Waals surface area (Å²) in [6, 6.07) is 11.0. The Morgan fingerprint density at radius 2 is 1.81 bits per heavy atom. The van der Waals surface area contributed by atoms with Gasteiger partial charge >= 0.3 is 0 Å². The van der Waals surface area contributed by atoms with Gasteiger partial charge in [-0.1, -0.05) is 41.4 Å². The minimum atomic E-state index is -0.596. The monoisotopic (exact) mass is 327 g/mol. The summed E-state index contributed by atoms with van der Waals surface area (Å²) < 4.78 is 18.7. The zero-order valence-corrected chi connectivity index (χ0v) is 13.3. The molecule has 0 saturated heterocycles. The Balaban J connectivity index is 2.10. The minimum absolute atomic E-state index is 0.00879. The van der Waals surface area contributed by atoms with Gasteiger partial charge in [0.05, 0.1) is 17.2 Å². The van der Waals surface area contributed by atoms with Gasteiger partial charge in [0, 0.05) is 11.7 Å². The van der Waals surface area contributed by atoms with E-state index in [2.05, 4.69) is 5.32 Å². The van der Waals surface area contributed by atoms with E-state index in [1.54, 1.807) is 7.11 Å². The highest BCUT2D eigenvalue weighted by atomic mass is 35.5. The van der Waals surface area contributed by atoms with E-state index < -0.39 is 5.82 Å². The van der Waals surface area contributed by atoms with E-state index in [1.807, 2.05) is 31.2 Å². The van der Waals surface area contributed by atoms with E-state index in [1.165, 1.54) is 12.1 Å². The predicted molar refractivity (Wildman–Crippen MR) is 86.2 cm³/mol. The Hall–Kier alpha value is -1.45. The van der Waals surface area contributed by atoms with Crippen LogP contribution in [0.1, 0.15) is 12.5 Å². The SMILES string of the molecule is COc1ccccc1CC(C)Nc1cc(Cl)c(F)c(Cl)c1. The molecule has 112 valence electrons. The van der Waals surface area contributed by atoms with E-state index in [9.17, 15) is 4.39 Å². The number of methoxy groups -OCH3 is 1. The number of hydrogen-bond donors (Lipinski definition) is 1. The largest absolute Gasteiger partial charge is 0.496 e. The highest BCUT2D eigenvalue weighted by Gasteiger charge is 2.11. The molecular formula is C16H16Cl2FNO. The molecule has 0 radical (unpaired) electrons. The summed E-state index contributed by atoms with van der Waals surface area (Å²) >= 11 is 11.6. The lowest BCUT2D eigenvalue weighted by molar-refractivity contribution is 0.409. The molecule has 0 aliphatic rings. The van der Waals surface area contributed by atoms with Crippen LogP contribution in [-0.4, -0.2) is 13.2 Å². The first-order chi connectivity index (χ1) is 10.0. The van der Waals surface area contributed by atoms with Crippen LogP contribution in [0.25, 0.3) is 0 Å². The van der Waals surface area contributed by atoms with Gasteiger partial charge in [-0.2, -0.15) is 0 Å². The van der Waals surface area contributed by atoms with Crippen LogP contribution < -0.4 is 10.1 Å². The molecule has 21 heavy (non-hydrogen) atoms. The van der Waals surface area contributed by atoms with Gasteiger partial charge in [-0.05, 0) is 37.1 Å². The molecule has 0 amide bonds. The fraction of sp³-hybridized carbons (Fsp3) is 0.250. The maximum Gasteiger partial charge on any atom is 0.160 e. The smallest absolute Gasteiger partial charge is 0.160 e. The third kappa shape index (κ3) is 4.02. The lowest BCUT2D eigenvalue weighted by Gasteiger charge is -2.17. The average Bonchev–Trinajstić information content (AvgIpc) is 2.45. The first kappa shape index (κ1) is 15.9. The van der Waals surface area contributed by atoms with Crippen molar-refractivity contribution in [1.82, 2.24) is 0 Å². The molecule has 0 aliphatic heterocycles. The van der Waals surface area contributed by atoms with Crippen molar-refractivity contribution in [3.63, 3.8) is 0 Å². The zero-order valence-electron chi connectivity index (χ0n) is 11.8. The van der Waals surface area contributed by atoms with Crippen LogP contribution >= 0.6 is 23.2 Å². The number of para-hydroxylation sites is 1. The maximum absolute atomic E-state index is 13.4. The molecule has 0 aliphatic carbocycles. The summed E-state index contributed by atoms with van der Waals surface area (Å²) in [6.07, 6.45) is 0.761. The van der Waals surface area contributed by atoms with Crippen LogP contribution in [0.2, 0.25) is 10.0 Å².